The van der Waals surface area contributed by atoms with Gasteiger partial charge in [0.15, 0.2) is 0 Å². The molecule has 3 nitrogen and oxygen atoms in total. The number of nitrogens with two attached hydrogens (primary N) is 1. The molecule has 0 spiro atoms. The lowest BCUT2D eigenvalue weighted by Crippen LogP contribution is -2.11. The van der Waals surface area contributed by atoms with Gasteiger partial charge in [-0.05, 0) is 24.3 Å². The van der Waals surface area contributed by atoms with E-state index in [2.05, 4.69) is 4.98 Å². The quantitative estimate of drug-likeness (QED) is 0.743. The summed E-state index contributed by atoms with van der Waals surface area (Å²) in [7, 11) is 0. The number of pyridine rings is 1. The molecule has 3 N–H and O–H groups in total. The molecule has 4 heteroatoms. The Hall–Kier alpha value is -2.10. The minimum atomic E-state index is -0.364. The molecule has 1 heterocycles. The van der Waals surface area contributed by atoms with Gasteiger partial charge in [0.25, 0.3) is 5.56 Å². The van der Waals surface area contributed by atoms with Crippen LogP contribution in [0.5, 0.6) is 0 Å². The van der Waals surface area contributed by atoms with E-state index in [1.807, 2.05) is 0 Å². The lowest BCUT2D eigenvalue weighted by atomic mass is 10.1. The SMILES string of the molecule is Nc1ccc(-c2cccc(F)c2)[nH]c1=O. The Bertz CT molecular complexity index is 548. The third-order valence-corrected chi connectivity index (χ3v) is 2.08. The molecular weight excluding hydrogens is 195 g/mol. The summed E-state index contributed by atoms with van der Waals surface area (Å²) in [6, 6.07) is 9.13. The molecule has 0 aliphatic rings. The van der Waals surface area contributed by atoms with Gasteiger partial charge in [0.2, 0.25) is 0 Å². The molecule has 2 aromatic rings. The molecule has 0 amide bonds. The summed E-state index contributed by atoms with van der Waals surface area (Å²) in [5.41, 5.74) is 6.33. The lowest BCUT2D eigenvalue weighted by Gasteiger charge is -2.01. The van der Waals surface area contributed by atoms with E-state index in [9.17, 15) is 9.18 Å². The highest BCUT2D eigenvalue weighted by atomic mass is 19.1. The summed E-state index contributed by atoms with van der Waals surface area (Å²) in [6.45, 7) is 0. The third-order valence-electron chi connectivity index (χ3n) is 2.08. The van der Waals surface area contributed by atoms with Crippen molar-refractivity contribution >= 4 is 5.69 Å². The van der Waals surface area contributed by atoms with Gasteiger partial charge in [0, 0.05) is 11.3 Å². The molecule has 2 rings (SSSR count). The molecule has 0 atom stereocenters. The number of aromatic nitrogens is 1. The van der Waals surface area contributed by atoms with Crippen molar-refractivity contribution in [2.24, 2.45) is 0 Å². The van der Waals surface area contributed by atoms with Crippen LogP contribution in [-0.4, -0.2) is 4.98 Å². The molecular formula is C11H9FN2O. The van der Waals surface area contributed by atoms with Crippen LogP contribution >= 0.6 is 0 Å². The van der Waals surface area contributed by atoms with E-state index in [4.69, 9.17) is 5.73 Å². The molecule has 0 radical (unpaired) electrons. The van der Waals surface area contributed by atoms with Gasteiger partial charge in [-0.3, -0.25) is 4.79 Å². The maximum Gasteiger partial charge on any atom is 0.271 e. The van der Waals surface area contributed by atoms with Gasteiger partial charge < -0.3 is 10.7 Å². The van der Waals surface area contributed by atoms with E-state index in [1.165, 1.54) is 18.2 Å². The number of rotatable bonds is 1. The van der Waals surface area contributed by atoms with E-state index in [0.717, 1.165) is 0 Å². The Balaban J connectivity index is 2.55. The molecule has 1 aromatic heterocycles. The van der Waals surface area contributed by atoms with Crippen LogP contribution in [0, 0.1) is 5.82 Å². The zero-order valence-corrected chi connectivity index (χ0v) is 7.83. The zero-order valence-electron chi connectivity index (χ0n) is 7.83. The van der Waals surface area contributed by atoms with Gasteiger partial charge in [-0.25, -0.2) is 4.39 Å². The molecule has 0 fully saturated rings. The number of anilines is 1. The van der Waals surface area contributed by atoms with Crippen LogP contribution < -0.4 is 11.3 Å². The topological polar surface area (TPSA) is 58.9 Å². The predicted octanol–water partition coefficient (Wildman–Crippen LogP) is 1.76. The molecule has 0 unspecified atom stereocenters. The van der Waals surface area contributed by atoms with Crippen LogP contribution in [0.2, 0.25) is 0 Å². The third kappa shape index (κ3) is 1.88. The molecule has 0 saturated carbocycles. The summed E-state index contributed by atoms with van der Waals surface area (Å²) in [6.07, 6.45) is 0. The average Bonchev–Trinajstić information content (AvgIpc) is 2.22. The van der Waals surface area contributed by atoms with Crippen LogP contribution in [-0.2, 0) is 0 Å². The van der Waals surface area contributed by atoms with Gasteiger partial charge in [-0.15, -0.1) is 0 Å². The molecule has 0 saturated heterocycles. The fourth-order valence-corrected chi connectivity index (χ4v) is 1.31. The summed E-state index contributed by atoms with van der Waals surface area (Å²) in [5, 5.41) is 0. The molecule has 0 aliphatic heterocycles. The summed E-state index contributed by atoms with van der Waals surface area (Å²) >= 11 is 0. The Morgan fingerprint density at radius 2 is 2.00 bits per heavy atom. The highest BCUT2D eigenvalue weighted by molar-refractivity contribution is 5.60. The van der Waals surface area contributed by atoms with Crippen molar-refractivity contribution in [2.45, 2.75) is 0 Å². The molecule has 0 bridgehead atoms. The second-order valence-electron chi connectivity index (χ2n) is 3.17. The smallest absolute Gasteiger partial charge is 0.271 e. The lowest BCUT2D eigenvalue weighted by molar-refractivity contribution is 0.628. The van der Waals surface area contributed by atoms with Crippen molar-refractivity contribution in [3.63, 3.8) is 0 Å². The van der Waals surface area contributed by atoms with Gasteiger partial charge >= 0.3 is 0 Å². The summed E-state index contributed by atoms with van der Waals surface area (Å²) in [4.78, 5) is 13.8. The first-order valence-electron chi connectivity index (χ1n) is 4.41. The zero-order chi connectivity index (χ0) is 10.8. The van der Waals surface area contributed by atoms with Gasteiger partial charge in [-0.1, -0.05) is 12.1 Å². The minimum Gasteiger partial charge on any atom is -0.394 e. The number of aromatic amines is 1. The van der Waals surface area contributed by atoms with Crippen molar-refractivity contribution in [3.8, 4) is 11.3 Å². The molecule has 15 heavy (non-hydrogen) atoms. The van der Waals surface area contributed by atoms with Crippen molar-refractivity contribution < 1.29 is 4.39 Å². The largest absolute Gasteiger partial charge is 0.394 e. The molecule has 1 aromatic carbocycles. The van der Waals surface area contributed by atoms with Crippen molar-refractivity contribution in [1.29, 1.82) is 0 Å². The fourth-order valence-electron chi connectivity index (χ4n) is 1.31. The average molecular weight is 204 g/mol. The molecule has 0 aliphatic carbocycles. The van der Waals surface area contributed by atoms with Crippen molar-refractivity contribution in [2.75, 3.05) is 5.73 Å². The van der Waals surface area contributed by atoms with Gasteiger partial charge in [0.1, 0.15) is 5.82 Å². The number of benzene rings is 1. The van der Waals surface area contributed by atoms with Crippen LogP contribution in [0.25, 0.3) is 11.3 Å². The fraction of sp³-hybridized carbons (Fsp3) is 0. The Morgan fingerprint density at radius 3 is 2.67 bits per heavy atom. The second kappa shape index (κ2) is 3.57. The number of nitrogens with one attached hydrogen (secondary N) is 1. The number of nitrogen functional groups attached to an aromatic ring is 1. The van der Waals surface area contributed by atoms with E-state index in [-0.39, 0.29) is 17.1 Å². The predicted molar refractivity (Wildman–Crippen MR) is 56.9 cm³/mol. The standard InChI is InChI=1S/C11H9FN2O/c12-8-3-1-2-7(6-8)10-5-4-9(13)11(15)14-10/h1-6H,13H2,(H,14,15). The summed E-state index contributed by atoms with van der Waals surface area (Å²) < 4.78 is 12.9. The van der Waals surface area contributed by atoms with E-state index < -0.39 is 0 Å². The van der Waals surface area contributed by atoms with Crippen LogP contribution in [0.15, 0.2) is 41.2 Å². The maximum atomic E-state index is 12.9. The van der Waals surface area contributed by atoms with E-state index in [0.29, 0.717) is 11.3 Å². The molecule has 76 valence electrons. The monoisotopic (exact) mass is 204 g/mol. The van der Waals surface area contributed by atoms with E-state index >= 15 is 0 Å². The number of H-pyrrole nitrogens is 1. The first-order valence-corrected chi connectivity index (χ1v) is 4.41. The van der Waals surface area contributed by atoms with Crippen LogP contribution in [0.3, 0.4) is 0 Å². The Labute approximate surface area is 85.4 Å². The highest BCUT2D eigenvalue weighted by Crippen LogP contribution is 2.16. The first kappa shape index (κ1) is 9.45. The highest BCUT2D eigenvalue weighted by Gasteiger charge is 2.01. The van der Waals surface area contributed by atoms with Gasteiger partial charge in [0.05, 0.1) is 5.69 Å². The van der Waals surface area contributed by atoms with Crippen LogP contribution in [0.1, 0.15) is 0 Å². The first-order chi connectivity index (χ1) is 7.16. The van der Waals surface area contributed by atoms with Gasteiger partial charge in [-0.2, -0.15) is 0 Å². The van der Waals surface area contributed by atoms with Crippen LogP contribution in [0.4, 0.5) is 10.1 Å². The minimum absolute atomic E-state index is 0.148. The van der Waals surface area contributed by atoms with Crippen molar-refractivity contribution in [1.82, 2.24) is 4.98 Å². The number of halogens is 1. The maximum absolute atomic E-state index is 12.9. The Kier molecular flexibility index (Phi) is 2.25. The normalized spacial score (nSPS) is 10.2. The van der Waals surface area contributed by atoms with Crippen molar-refractivity contribution in [3.05, 3.63) is 52.6 Å². The van der Waals surface area contributed by atoms with E-state index in [1.54, 1.807) is 18.2 Å². The second-order valence-corrected chi connectivity index (χ2v) is 3.17. The Morgan fingerprint density at radius 1 is 1.20 bits per heavy atom. The number of hydrogen-bond acceptors (Lipinski definition) is 2. The summed E-state index contributed by atoms with van der Waals surface area (Å²) in [5.74, 6) is -0.342. The number of hydrogen-bond donors (Lipinski definition) is 2.